The average Bonchev–Trinajstić information content (AvgIpc) is 2.60. The second-order valence-corrected chi connectivity index (χ2v) is 7.38. The molecule has 118 valence electrons. The fourth-order valence-corrected chi connectivity index (χ4v) is 4.27. The quantitative estimate of drug-likeness (QED) is 0.906. The summed E-state index contributed by atoms with van der Waals surface area (Å²) < 4.78 is 27.1. The Hall–Kier alpha value is -1.18. The molecule has 1 saturated heterocycles. The lowest BCUT2D eigenvalue weighted by Crippen LogP contribution is -2.41. The Morgan fingerprint density at radius 2 is 2.14 bits per heavy atom. The van der Waals surface area contributed by atoms with Gasteiger partial charge in [-0.1, -0.05) is 0 Å². The van der Waals surface area contributed by atoms with Gasteiger partial charge < -0.3 is 10.2 Å². The summed E-state index contributed by atoms with van der Waals surface area (Å²) in [6, 6.07) is 3.31. The minimum absolute atomic E-state index is 0.0315. The number of nitrogens with zero attached hydrogens (tertiary/aromatic N) is 3. The summed E-state index contributed by atoms with van der Waals surface area (Å²) in [5, 5.41) is 3.06. The maximum atomic E-state index is 12.8. The first-order chi connectivity index (χ1) is 9.95. The third-order valence-electron chi connectivity index (χ3n) is 3.69. The molecule has 0 bridgehead atoms. The molecule has 2 heterocycles. The van der Waals surface area contributed by atoms with Gasteiger partial charge in [0.1, 0.15) is 10.7 Å². The van der Waals surface area contributed by atoms with Crippen molar-refractivity contribution in [2.45, 2.75) is 31.2 Å². The molecule has 1 aromatic rings. The molecule has 0 spiro atoms. The highest BCUT2D eigenvalue weighted by Gasteiger charge is 2.31. The fourth-order valence-electron chi connectivity index (χ4n) is 2.66. The van der Waals surface area contributed by atoms with E-state index < -0.39 is 10.0 Å². The Balaban J connectivity index is 2.23. The summed E-state index contributed by atoms with van der Waals surface area (Å²) in [5.74, 6) is 0.695. The number of pyridine rings is 1. The van der Waals surface area contributed by atoms with Gasteiger partial charge in [-0.25, -0.2) is 13.4 Å². The number of anilines is 1. The largest absolute Gasteiger partial charge is 0.370 e. The first-order valence-electron chi connectivity index (χ1n) is 7.35. The van der Waals surface area contributed by atoms with E-state index in [9.17, 15) is 8.42 Å². The lowest BCUT2D eigenvalue weighted by Gasteiger charge is -2.27. The summed E-state index contributed by atoms with van der Waals surface area (Å²) in [5.41, 5.74) is 0. The topological polar surface area (TPSA) is 65.5 Å². The molecule has 6 nitrogen and oxygen atoms in total. The van der Waals surface area contributed by atoms with Crippen LogP contribution in [0.4, 0.5) is 5.82 Å². The summed E-state index contributed by atoms with van der Waals surface area (Å²) in [6.45, 7) is 6.93. The lowest BCUT2D eigenvalue weighted by atomic mass is 10.3. The molecule has 0 aromatic carbocycles. The zero-order valence-electron chi connectivity index (χ0n) is 12.9. The Bertz CT molecular complexity index is 559. The SMILES string of the molecule is CCNc1ccc(S(=O)(=O)N2CCCN(C)CC2C)cn1. The van der Waals surface area contributed by atoms with Crippen LogP contribution in [0.15, 0.2) is 23.2 Å². The predicted octanol–water partition coefficient (Wildman–Crippen LogP) is 1.23. The van der Waals surface area contributed by atoms with Crippen molar-refractivity contribution in [3.63, 3.8) is 0 Å². The zero-order chi connectivity index (χ0) is 15.5. The van der Waals surface area contributed by atoms with Gasteiger partial charge in [-0.15, -0.1) is 0 Å². The Kier molecular flexibility index (Phi) is 5.18. The number of likely N-dealkylation sites (N-methyl/N-ethyl adjacent to an activating group) is 1. The van der Waals surface area contributed by atoms with Gasteiger partial charge in [0.15, 0.2) is 0 Å². The molecule has 21 heavy (non-hydrogen) atoms. The van der Waals surface area contributed by atoms with Crippen LogP contribution >= 0.6 is 0 Å². The normalized spacial score (nSPS) is 22.0. The van der Waals surface area contributed by atoms with Crippen molar-refractivity contribution in [1.29, 1.82) is 0 Å². The van der Waals surface area contributed by atoms with Crippen LogP contribution in [0.2, 0.25) is 0 Å². The van der Waals surface area contributed by atoms with Crippen molar-refractivity contribution in [1.82, 2.24) is 14.2 Å². The van der Waals surface area contributed by atoms with E-state index in [1.807, 2.05) is 20.9 Å². The van der Waals surface area contributed by atoms with Crippen LogP contribution in [-0.4, -0.2) is 61.9 Å². The van der Waals surface area contributed by atoms with Gasteiger partial charge in [0, 0.05) is 31.9 Å². The number of hydrogen-bond acceptors (Lipinski definition) is 5. The van der Waals surface area contributed by atoms with Crippen molar-refractivity contribution in [2.24, 2.45) is 0 Å². The van der Waals surface area contributed by atoms with Crippen LogP contribution in [0.25, 0.3) is 0 Å². The Morgan fingerprint density at radius 1 is 1.38 bits per heavy atom. The standard InChI is InChI=1S/C14H24N4O2S/c1-4-15-14-7-6-13(10-16-14)21(19,20)18-9-5-8-17(3)11-12(18)2/h6-7,10,12H,4-5,8-9,11H2,1-3H3,(H,15,16). The maximum Gasteiger partial charge on any atom is 0.244 e. The molecular weight excluding hydrogens is 288 g/mol. The smallest absolute Gasteiger partial charge is 0.244 e. The Morgan fingerprint density at radius 3 is 2.76 bits per heavy atom. The fraction of sp³-hybridized carbons (Fsp3) is 0.643. The Labute approximate surface area is 127 Å². The van der Waals surface area contributed by atoms with E-state index in [-0.39, 0.29) is 10.9 Å². The molecule has 0 amide bonds. The van der Waals surface area contributed by atoms with Crippen LogP contribution in [0, 0.1) is 0 Å². The third kappa shape index (κ3) is 3.72. The van der Waals surface area contributed by atoms with Crippen LogP contribution in [-0.2, 0) is 10.0 Å². The first kappa shape index (κ1) is 16.2. The number of aromatic nitrogens is 1. The maximum absolute atomic E-state index is 12.8. The van der Waals surface area contributed by atoms with E-state index in [0.717, 1.165) is 26.1 Å². The van der Waals surface area contributed by atoms with Crippen molar-refractivity contribution in [2.75, 3.05) is 38.5 Å². The van der Waals surface area contributed by atoms with Crippen molar-refractivity contribution in [3.05, 3.63) is 18.3 Å². The summed E-state index contributed by atoms with van der Waals surface area (Å²) in [6.07, 6.45) is 2.29. The van der Waals surface area contributed by atoms with Gasteiger partial charge in [0.25, 0.3) is 0 Å². The van der Waals surface area contributed by atoms with Crippen LogP contribution in [0.1, 0.15) is 20.3 Å². The molecule has 1 N–H and O–H groups in total. The molecule has 1 aliphatic rings. The summed E-state index contributed by atoms with van der Waals surface area (Å²) in [7, 11) is -1.45. The van der Waals surface area contributed by atoms with Crippen LogP contribution in [0.3, 0.4) is 0 Å². The van der Waals surface area contributed by atoms with Crippen LogP contribution in [0.5, 0.6) is 0 Å². The second kappa shape index (κ2) is 6.72. The molecule has 1 atom stereocenters. The highest BCUT2D eigenvalue weighted by molar-refractivity contribution is 7.89. The van der Waals surface area contributed by atoms with Gasteiger partial charge in [0.05, 0.1) is 0 Å². The van der Waals surface area contributed by atoms with Crippen molar-refractivity contribution >= 4 is 15.8 Å². The van der Waals surface area contributed by atoms with E-state index >= 15 is 0 Å². The van der Waals surface area contributed by atoms with E-state index in [2.05, 4.69) is 15.2 Å². The average molecular weight is 312 g/mol. The first-order valence-corrected chi connectivity index (χ1v) is 8.79. The molecular formula is C14H24N4O2S. The highest BCUT2D eigenvalue weighted by Crippen LogP contribution is 2.21. The third-order valence-corrected chi connectivity index (χ3v) is 5.68. The number of hydrogen-bond donors (Lipinski definition) is 1. The van der Waals surface area contributed by atoms with Crippen LogP contribution < -0.4 is 5.32 Å². The van der Waals surface area contributed by atoms with Gasteiger partial charge >= 0.3 is 0 Å². The molecule has 0 radical (unpaired) electrons. The van der Waals surface area contributed by atoms with E-state index in [0.29, 0.717) is 12.4 Å². The molecule has 1 unspecified atom stereocenters. The molecule has 2 rings (SSSR count). The zero-order valence-corrected chi connectivity index (χ0v) is 13.7. The lowest BCUT2D eigenvalue weighted by molar-refractivity contribution is 0.290. The molecule has 0 aliphatic carbocycles. The minimum atomic E-state index is -3.47. The second-order valence-electron chi connectivity index (χ2n) is 5.49. The van der Waals surface area contributed by atoms with Gasteiger partial charge in [-0.2, -0.15) is 4.31 Å². The van der Waals surface area contributed by atoms with E-state index in [1.54, 1.807) is 16.4 Å². The van der Waals surface area contributed by atoms with Crippen molar-refractivity contribution in [3.8, 4) is 0 Å². The molecule has 0 saturated carbocycles. The molecule has 1 aromatic heterocycles. The molecule has 7 heteroatoms. The predicted molar refractivity (Wildman–Crippen MR) is 83.9 cm³/mol. The number of sulfonamides is 1. The minimum Gasteiger partial charge on any atom is -0.370 e. The monoisotopic (exact) mass is 312 g/mol. The van der Waals surface area contributed by atoms with Crippen molar-refractivity contribution < 1.29 is 8.42 Å². The number of nitrogens with one attached hydrogen (secondary N) is 1. The molecule has 1 fully saturated rings. The van der Waals surface area contributed by atoms with Gasteiger partial charge in [-0.3, -0.25) is 0 Å². The molecule has 1 aliphatic heterocycles. The summed E-state index contributed by atoms with van der Waals surface area (Å²) >= 11 is 0. The van der Waals surface area contributed by atoms with E-state index in [1.165, 1.54) is 6.20 Å². The highest BCUT2D eigenvalue weighted by atomic mass is 32.2. The van der Waals surface area contributed by atoms with E-state index in [4.69, 9.17) is 0 Å². The van der Waals surface area contributed by atoms with Gasteiger partial charge in [-0.05, 0) is 46.0 Å². The van der Waals surface area contributed by atoms with Gasteiger partial charge in [0.2, 0.25) is 10.0 Å². The number of rotatable bonds is 4. The summed E-state index contributed by atoms with van der Waals surface area (Å²) in [4.78, 5) is 6.60.